The molecule has 2 aromatic carbocycles. The van der Waals surface area contributed by atoms with Crippen LogP contribution in [-0.2, 0) is 19.6 Å². The first-order chi connectivity index (χ1) is 14.7. The number of hydrogen-bond donors (Lipinski definition) is 1. The van der Waals surface area contributed by atoms with Crippen molar-refractivity contribution in [3.63, 3.8) is 0 Å². The van der Waals surface area contributed by atoms with E-state index < -0.39 is 15.3 Å². The van der Waals surface area contributed by atoms with Crippen LogP contribution in [0.2, 0.25) is 5.02 Å². The van der Waals surface area contributed by atoms with Crippen LogP contribution in [0.25, 0.3) is 0 Å². The van der Waals surface area contributed by atoms with Gasteiger partial charge in [0, 0.05) is 23.7 Å². The molecule has 0 aromatic heterocycles. The second-order valence-electron chi connectivity index (χ2n) is 6.47. The highest BCUT2D eigenvalue weighted by atomic mass is 35.5. The van der Waals surface area contributed by atoms with Gasteiger partial charge < -0.3 is 10.1 Å². The first-order valence-corrected chi connectivity index (χ1v) is 12.0. The van der Waals surface area contributed by atoms with E-state index in [1.54, 1.807) is 38.3 Å². The van der Waals surface area contributed by atoms with E-state index in [1.807, 2.05) is 0 Å². The maximum atomic E-state index is 12.7. The fourth-order valence-corrected chi connectivity index (χ4v) is 5.36. The summed E-state index contributed by atoms with van der Waals surface area (Å²) in [6.07, 6.45) is -0.119. The van der Waals surface area contributed by atoms with Gasteiger partial charge in [-0.3, -0.25) is 14.5 Å². The lowest BCUT2D eigenvalue weighted by atomic mass is 10.2. The number of nitrogens with zero attached hydrogens (tertiary/aromatic N) is 2. The molecule has 164 valence electrons. The van der Waals surface area contributed by atoms with Crippen molar-refractivity contribution in [3.05, 3.63) is 53.6 Å². The van der Waals surface area contributed by atoms with Crippen molar-refractivity contribution < 1.29 is 22.7 Å². The molecule has 2 amide bonds. The summed E-state index contributed by atoms with van der Waals surface area (Å²) < 4.78 is 34.2. The zero-order chi connectivity index (χ0) is 22.6. The molecule has 0 unspecified atom stereocenters. The summed E-state index contributed by atoms with van der Waals surface area (Å²) in [6, 6.07) is 12.4. The second-order valence-corrected chi connectivity index (χ2v) is 9.68. The van der Waals surface area contributed by atoms with Gasteiger partial charge in [0.15, 0.2) is 5.17 Å². The van der Waals surface area contributed by atoms with Crippen molar-refractivity contribution in [2.24, 2.45) is 4.40 Å². The number of amidine groups is 1. The Hall–Kier alpha value is -2.56. The summed E-state index contributed by atoms with van der Waals surface area (Å²) >= 11 is 6.77. The molecule has 1 atom stereocenters. The minimum Gasteiger partial charge on any atom is -0.497 e. The average molecular weight is 482 g/mol. The molecule has 0 spiro atoms. The molecular formula is C20H20ClN3O5S2. The molecule has 0 radical (unpaired) electrons. The maximum Gasteiger partial charge on any atom is 0.284 e. The van der Waals surface area contributed by atoms with Crippen LogP contribution < -0.4 is 10.1 Å². The van der Waals surface area contributed by atoms with E-state index >= 15 is 0 Å². The standard InChI is InChI=1S/C20H20ClN3O5S2/c1-3-24-19(26)17(12-18(25)22-14-6-8-15(29-2)9-7-14)30-20(24)23-31(27,28)16-10-4-13(21)5-11-16/h4-11,17H,3,12H2,1-2H3,(H,22,25)/t17-/m0/s1. The third-order valence-corrected chi connectivity index (χ3v) is 7.21. The highest BCUT2D eigenvalue weighted by Crippen LogP contribution is 2.31. The number of thioether (sulfide) groups is 1. The molecule has 2 aromatic rings. The Morgan fingerprint density at radius 2 is 1.84 bits per heavy atom. The normalized spacial score (nSPS) is 17.8. The number of ether oxygens (including phenoxy) is 1. The highest BCUT2D eigenvalue weighted by molar-refractivity contribution is 8.16. The molecule has 1 saturated heterocycles. The van der Waals surface area contributed by atoms with Gasteiger partial charge in [-0.15, -0.1) is 4.40 Å². The van der Waals surface area contributed by atoms with E-state index in [4.69, 9.17) is 16.3 Å². The van der Waals surface area contributed by atoms with Crippen LogP contribution in [0.15, 0.2) is 57.8 Å². The molecule has 1 heterocycles. The predicted molar refractivity (Wildman–Crippen MR) is 121 cm³/mol. The van der Waals surface area contributed by atoms with Crippen LogP contribution in [0.4, 0.5) is 5.69 Å². The van der Waals surface area contributed by atoms with Crippen LogP contribution >= 0.6 is 23.4 Å². The van der Waals surface area contributed by atoms with Gasteiger partial charge in [0.1, 0.15) is 11.0 Å². The lowest BCUT2D eigenvalue weighted by Gasteiger charge is -2.13. The van der Waals surface area contributed by atoms with Gasteiger partial charge in [0.25, 0.3) is 10.0 Å². The summed E-state index contributed by atoms with van der Waals surface area (Å²) in [5.74, 6) is -0.0721. The number of carbonyl (C=O) groups excluding carboxylic acids is 2. The van der Waals surface area contributed by atoms with Gasteiger partial charge >= 0.3 is 0 Å². The Kier molecular flexibility index (Phi) is 7.24. The Morgan fingerprint density at radius 3 is 2.42 bits per heavy atom. The predicted octanol–water partition coefficient (Wildman–Crippen LogP) is 3.39. The minimum atomic E-state index is -4.03. The summed E-state index contributed by atoms with van der Waals surface area (Å²) in [7, 11) is -2.49. The largest absolute Gasteiger partial charge is 0.497 e. The minimum absolute atomic E-state index is 0.0331. The van der Waals surface area contributed by atoms with Crippen LogP contribution in [0.3, 0.4) is 0 Å². The zero-order valence-electron chi connectivity index (χ0n) is 16.7. The van der Waals surface area contributed by atoms with Crippen molar-refractivity contribution in [1.29, 1.82) is 0 Å². The van der Waals surface area contributed by atoms with Gasteiger partial charge in [-0.2, -0.15) is 8.42 Å². The third-order valence-electron chi connectivity index (χ3n) is 4.39. The number of halogens is 1. The van der Waals surface area contributed by atoms with E-state index in [2.05, 4.69) is 9.71 Å². The topological polar surface area (TPSA) is 105 Å². The van der Waals surface area contributed by atoms with Gasteiger partial charge in [0.2, 0.25) is 11.8 Å². The number of methoxy groups -OCH3 is 1. The molecule has 1 aliphatic heterocycles. The van der Waals surface area contributed by atoms with Crippen LogP contribution in [0.5, 0.6) is 5.75 Å². The molecule has 31 heavy (non-hydrogen) atoms. The molecule has 1 fully saturated rings. The fourth-order valence-electron chi connectivity index (χ4n) is 2.82. The van der Waals surface area contributed by atoms with Gasteiger partial charge in [0.05, 0.1) is 12.0 Å². The average Bonchev–Trinajstić information content (AvgIpc) is 3.02. The zero-order valence-corrected chi connectivity index (χ0v) is 19.1. The molecule has 0 bridgehead atoms. The van der Waals surface area contributed by atoms with Crippen molar-refractivity contribution in [1.82, 2.24) is 4.90 Å². The molecule has 8 nitrogen and oxygen atoms in total. The fraction of sp³-hybridized carbons (Fsp3) is 0.250. The SMILES string of the molecule is CCN1C(=O)[C@H](CC(=O)Nc2ccc(OC)cc2)SC1=NS(=O)(=O)c1ccc(Cl)cc1. The Bertz CT molecular complexity index is 1100. The number of hydrogen-bond acceptors (Lipinski definition) is 6. The molecule has 1 aliphatic rings. The number of anilines is 1. The number of carbonyl (C=O) groups is 2. The van der Waals surface area contributed by atoms with E-state index in [9.17, 15) is 18.0 Å². The van der Waals surface area contributed by atoms with Crippen molar-refractivity contribution in [2.75, 3.05) is 19.0 Å². The summed E-state index contributed by atoms with van der Waals surface area (Å²) in [6.45, 7) is 1.94. The number of amides is 2. The molecule has 11 heteroatoms. The Morgan fingerprint density at radius 1 is 1.19 bits per heavy atom. The lowest BCUT2D eigenvalue weighted by Crippen LogP contribution is -2.33. The molecule has 0 saturated carbocycles. The number of benzene rings is 2. The summed E-state index contributed by atoms with van der Waals surface area (Å²) in [5, 5.41) is 2.40. The van der Waals surface area contributed by atoms with Crippen LogP contribution in [-0.4, -0.2) is 49.2 Å². The highest BCUT2D eigenvalue weighted by Gasteiger charge is 2.39. The lowest BCUT2D eigenvalue weighted by molar-refractivity contribution is -0.128. The number of nitrogens with one attached hydrogen (secondary N) is 1. The van der Waals surface area contributed by atoms with Gasteiger partial charge in [-0.05, 0) is 55.5 Å². The number of rotatable bonds is 7. The quantitative estimate of drug-likeness (QED) is 0.649. The van der Waals surface area contributed by atoms with Crippen molar-refractivity contribution in [2.45, 2.75) is 23.5 Å². The third kappa shape index (κ3) is 5.57. The summed E-state index contributed by atoms with van der Waals surface area (Å²) in [5.41, 5.74) is 0.563. The van der Waals surface area contributed by atoms with Gasteiger partial charge in [-0.25, -0.2) is 0 Å². The maximum absolute atomic E-state index is 12.7. The van der Waals surface area contributed by atoms with Crippen molar-refractivity contribution in [3.8, 4) is 5.75 Å². The van der Waals surface area contributed by atoms with E-state index in [1.165, 1.54) is 29.2 Å². The first kappa shape index (κ1) is 23.1. The molecular weight excluding hydrogens is 462 g/mol. The number of sulfonamides is 1. The summed E-state index contributed by atoms with van der Waals surface area (Å²) in [4.78, 5) is 26.3. The molecule has 3 rings (SSSR count). The van der Waals surface area contributed by atoms with Gasteiger partial charge in [-0.1, -0.05) is 23.4 Å². The van der Waals surface area contributed by atoms with E-state index in [0.29, 0.717) is 16.5 Å². The smallest absolute Gasteiger partial charge is 0.284 e. The van der Waals surface area contributed by atoms with E-state index in [0.717, 1.165) is 11.8 Å². The van der Waals surface area contributed by atoms with Crippen molar-refractivity contribution >= 4 is 56.1 Å². The Labute approximate surface area is 189 Å². The molecule has 0 aliphatic carbocycles. The monoisotopic (exact) mass is 481 g/mol. The second kappa shape index (κ2) is 9.71. The first-order valence-electron chi connectivity index (χ1n) is 9.26. The van der Waals surface area contributed by atoms with E-state index in [-0.39, 0.29) is 34.8 Å². The van der Waals surface area contributed by atoms with Crippen LogP contribution in [0, 0.1) is 0 Å². The molecule has 1 N–H and O–H groups in total. The van der Waals surface area contributed by atoms with Crippen LogP contribution in [0.1, 0.15) is 13.3 Å². The Balaban J connectivity index is 1.73.